The third-order valence-corrected chi connectivity index (χ3v) is 7.42. The molecule has 0 spiro atoms. The smallest absolute Gasteiger partial charge is 0.243 e. The Hall–Kier alpha value is -2.34. The first kappa shape index (κ1) is 20.4. The summed E-state index contributed by atoms with van der Waals surface area (Å²) in [6.45, 7) is 1.40. The van der Waals surface area contributed by atoms with Gasteiger partial charge in [-0.05, 0) is 29.8 Å². The van der Waals surface area contributed by atoms with Gasteiger partial charge in [-0.3, -0.25) is 4.79 Å². The number of nitriles is 1. The van der Waals surface area contributed by atoms with Crippen LogP contribution < -0.4 is 0 Å². The van der Waals surface area contributed by atoms with E-state index in [1.807, 2.05) is 18.2 Å². The van der Waals surface area contributed by atoms with Crippen molar-refractivity contribution in [2.45, 2.75) is 10.6 Å². The first-order chi connectivity index (χ1) is 13.5. The Morgan fingerprint density at radius 1 is 1.04 bits per heavy atom. The molecule has 3 rings (SSSR count). The van der Waals surface area contributed by atoms with Crippen molar-refractivity contribution >= 4 is 27.7 Å². The van der Waals surface area contributed by atoms with Gasteiger partial charge in [0.2, 0.25) is 15.9 Å². The Labute approximate surface area is 169 Å². The molecule has 0 unspecified atom stereocenters. The van der Waals surface area contributed by atoms with E-state index in [9.17, 15) is 13.2 Å². The molecule has 0 N–H and O–H groups in total. The molecule has 0 bridgehead atoms. The average molecular weight is 416 g/mol. The molecule has 0 aromatic heterocycles. The van der Waals surface area contributed by atoms with E-state index in [4.69, 9.17) is 5.26 Å². The van der Waals surface area contributed by atoms with Gasteiger partial charge in [-0.25, -0.2) is 8.42 Å². The minimum Gasteiger partial charge on any atom is -0.339 e. The van der Waals surface area contributed by atoms with Crippen LogP contribution in [-0.4, -0.2) is 55.5 Å². The highest BCUT2D eigenvalue weighted by Crippen LogP contribution is 2.18. The van der Waals surface area contributed by atoms with Gasteiger partial charge in [0.25, 0.3) is 0 Å². The van der Waals surface area contributed by atoms with Crippen molar-refractivity contribution in [2.24, 2.45) is 0 Å². The lowest BCUT2D eigenvalue weighted by molar-refractivity contribution is -0.129. The second-order valence-corrected chi connectivity index (χ2v) is 9.33. The van der Waals surface area contributed by atoms with Crippen molar-refractivity contribution in [1.82, 2.24) is 9.21 Å². The van der Waals surface area contributed by atoms with E-state index in [1.54, 1.807) is 41.3 Å². The quantitative estimate of drug-likeness (QED) is 0.723. The molecule has 0 radical (unpaired) electrons. The number of hydrogen-bond donors (Lipinski definition) is 0. The van der Waals surface area contributed by atoms with E-state index in [0.29, 0.717) is 43.2 Å². The Morgan fingerprint density at radius 2 is 1.75 bits per heavy atom. The second kappa shape index (κ2) is 9.24. The standard InChI is InChI=1S/C20H21N3O3S2/c21-14-17-5-4-6-18(13-17)15-27-16-20(24)22-9-11-23(12-10-22)28(25,26)19-7-2-1-3-8-19/h1-8,13H,9-12,15-16H2. The summed E-state index contributed by atoms with van der Waals surface area (Å²) in [5, 5.41) is 8.93. The first-order valence-electron chi connectivity index (χ1n) is 8.90. The van der Waals surface area contributed by atoms with Crippen LogP contribution in [0.4, 0.5) is 0 Å². The van der Waals surface area contributed by atoms with Crippen LogP contribution in [0, 0.1) is 11.3 Å². The number of rotatable bonds is 6. The largest absolute Gasteiger partial charge is 0.339 e. The van der Waals surface area contributed by atoms with Gasteiger partial charge in [-0.15, -0.1) is 11.8 Å². The van der Waals surface area contributed by atoms with Crippen LogP contribution in [0.2, 0.25) is 0 Å². The number of amides is 1. The first-order valence-corrected chi connectivity index (χ1v) is 11.5. The fourth-order valence-electron chi connectivity index (χ4n) is 3.00. The van der Waals surface area contributed by atoms with E-state index >= 15 is 0 Å². The minimum absolute atomic E-state index is 0.0122. The molecule has 0 aliphatic carbocycles. The number of thioether (sulfide) groups is 1. The van der Waals surface area contributed by atoms with Crippen LogP contribution in [0.25, 0.3) is 0 Å². The Morgan fingerprint density at radius 3 is 2.43 bits per heavy atom. The summed E-state index contributed by atoms with van der Waals surface area (Å²) in [5.74, 6) is 1.00. The fourth-order valence-corrected chi connectivity index (χ4v) is 5.32. The number of carbonyl (C=O) groups excluding carboxylic acids is 1. The molecule has 0 atom stereocenters. The van der Waals surface area contributed by atoms with E-state index in [0.717, 1.165) is 5.56 Å². The van der Waals surface area contributed by atoms with E-state index < -0.39 is 10.0 Å². The normalized spacial score (nSPS) is 15.2. The summed E-state index contributed by atoms with van der Waals surface area (Å²) in [5.41, 5.74) is 1.62. The molecule has 1 heterocycles. The molecule has 146 valence electrons. The summed E-state index contributed by atoms with van der Waals surface area (Å²) in [6, 6.07) is 17.8. The van der Waals surface area contributed by atoms with Gasteiger partial charge >= 0.3 is 0 Å². The number of nitrogens with zero attached hydrogens (tertiary/aromatic N) is 3. The molecular weight excluding hydrogens is 394 g/mol. The van der Waals surface area contributed by atoms with Crippen molar-refractivity contribution in [3.05, 3.63) is 65.7 Å². The van der Waals surface area contributed by atoms with Crippen LogP contribution in [0.3, 0.4) is 0 Å². The van der Waals surface area contributed by atoms with Gasteiger partial charge in [-0.1, -0.05) is 30.3 Å². The SMILES string of the molecule is N#Cc1cccc(CSCC(=O)N2CCN(S(=O)(=O)c3ccccc3)CC2)c1. The number of sulfonamides is 1. The summed E-state index contributed by atoms with van der Waals surface area (Å²) >= 11 is 1.50. The summed E-state index contributed by atoms with van der Waals surface area (Å²) in [7, 11) is -3.51. The highest BCUT2D eigenvalue weighted by molar-refractivity contribution is 7.99. The molecule has 6 nitrogen and oxygen atoms in total. The third kappa shape index (κ3) is 4.93. The number of benzene rings is 2. The summed E-state index contributed by atoms with van der Waals surface area (Å²) in [6.07, 6.45) is 0. The molecule has 0 saturated carbocycles. The van der Waals surface area contributed by atoms with Crippen LogP contribution in [0.15, 0.2) is 59.5 Å². The molecule has 2 aromatic rings. The number of hydrogen-bond acceptors (Lipinski definition) is 5. The van der Waals surface area contributed by atoms with Gasteiger partial charge in [0.15, 0.2) is 0 Å². The van der Waals surface area contributed by atoms with Crippen LogP contribution in [0.5, 0.6) is 0 Å². The summed E-state index contributed by atoms with van der Waals surface area (Å²) in [4.78, 5) is 14.4. The van der Waals surface area contributed by atoms with Gasteiger partial charge < -0.3 is 4.90 Å². The molecule has 1 fully saturated rings. The summed E-state index contributed by atoms with van der Waals surface area (Å²) < 4.78 is 26.7. The zero-order valence-electron chi connectivity index (χ0n) is 15.3. The number of carbonyl (C=O) groups is 1. The van der Waals surface area contributed by atoms with Crippen molar-refractivity contribution in [2.75, 3.05) is 31.9 Å². The van der Waals surface area contributed by atoms with E-state index in [1.165, 1.54) is 16.1 Å². The van der Waals surface area contributed by atoms with Crippen LogP contribution >= 0.6 is 11.8 Å². The molecule has 1 aliphatic heterocycles. The maximum atomic E-state index is 12.6. The van der Waals surface area contributed by atoms with Gasteiger partial charge in [0.05, 0.1) is 22.3 Å². The van der Waals surface area contributed by atoms with Gasteiger partial charge in [0, 0.05) is 31.9 Å². The lowest BCUT2D eigenvalue weighted by Gasteiger charge is -2.34. The van der Waals surface area contributed by atoms with Gasteiger partial charge in [0.1, 0.15) is 0 Å². The maximum absolute atomic E-state index is 12.6. The second-order valence-electron chi connectivity index (χ2n) is 6.40. The van der Waals surface area contributed by atoms with Crippen molar-refractivity contribution in [3.63, 3.8) is 0 Å². The maximum Gasteiger partial charge on any atom is 0.243 e. The third-order valence-electron chi connectivity index (χ3n) is 4.52. The predicted molar refractivity (Wildman–Crippen MR) is 109 cm³/mol. The predicted octanol–water partition coefficient (Wildman–Crippen LogP) is 2.32. The fraction of sp³-hybridized carbons (Fsp3) is 0.300. The average Bonchev–Trinajstić information content (AvgIpc) is 2.74. The topological polar surface area (TPSA) is 81.5 Å². The molecule has 28 heavy (non-hydrogen) atoms. The van der Waals surface area contributed by atoms with Gasteiger partial charge in [-0.2, -0.15) is 9.57 Å². The molecule has 2 aromatic carbocycles. The zero-order chi connectivity index (χ0) is 20.0. The number of piperazine rings is 1. The van der Waals surface area contributed by atoms with Crippen LogP contribution in [0.1, 0.15) is 11.1 Å². The highest BCUT2D eigenvalue weighted by Gasteiger charge is 2.29. The minimum atomic E-state index is -3.51. The Kier molecular flexibility index (Phi) is 6.73. The van der Waals surface area contributed by atoms with Crippen molar-refractivity contribution < 1.29 is 13.2 Å². The monoisotopic (exact) mass is 415 g/mol. The molecule has 1 amide bonds. The van der Waals surface area contributed by atoms with E-state index in [2.05, 4.69) is 6.07 Å². The molecular formula is C20H21N3O3S2. The molecule has 1 saturated heterocycles. The van der Waals surface area contributed by atoms with Crippen LogP contribution in [-0.2, 0) is 20.6 Å². The highest BCUT2D eigenvalue weighted by atomic mass is 32.2. The Bertz CT molecular complexity index is 964. The molecule has 1 aliphatic rings. The lowest BCUT2D eigenvalue weighted by Crippen LogP contribution is -2.50. The van der Waals surface area contributed by atoms with Crippen molar-refractivity contribution in [3.8, 4) is 6.07 Å². The molecule has 8 heteroatoms. The van der Waals surface area contributed by atoms with E-state index in [-0.39, 0.29) is 10.8 Å². The Balaban J connectivity index is 1.48. The lowest BCUT2D eigenvalue weighted by atomic mass is 10.2. The van der Waals surface area contributed by atoms with Crippen molar-refractivity contribution in [1.29, 1.82) is 5.26 Å². The zero-order valence-corrected chi connectivity index (χ0v) is 17.0.